The Kier molecular flexibility index (Phi) is 4.58. The lowest BCUT2D eigenvalue weighted by atomic mass is 9.92. The zero-order valence-electron chi connectivity index (χ0n) is 12.9. The number of hydrogen-bond acceptors (Lipinski definition) is 2. The maximum atomic E-state index is 5.68. The Bertz CT molecular complexity index is 570. The third-order valence-electron chi connectivity index (χ3n) is 3.78. The average Bonchev–Trinajstić information content (AvgIpc) is 2.43. The van der Waals surface area contributed by atoms with Crippen LogP contribution in [0.25, 0.3) is 0 Å². The summed E-state index contributed by atoms with van der Waals surface area (Å²) < 4.78 is 0. The van der Waals surface area contributed by atoms with E-state index in [1.54, 1.807) is 0 Å². The van der Waals surface area contributed by atoms with Gasteiger partial charge in [0.05, 0.1) is 6.04 Å². The molecule has 0 aromatic heterocycles. The minimum Gasteiger partial charge on any atom is -0.326 e. The molecule has 2 aromatic carbocycles. The summed E-state index contributed by atoms with van der Waals surface area (Å²) in [7, 11) is 4.26. The maximum absolute atomic E-state index is 5.68. The van der Waals surface area contributed by atoms with Gasteiger partial charge in [-0.3, -0.25) is 4.90 Å². The Morgan fingerprint density at radius 2 is 1.65 bits per heavy atom. The molecule has 106 valence electrons. The molecule has 0 radical (unpaired) electrons. The van der Waals surface area contributed by atoms with E-state index in [-0.39, 0.29) is 6.04 Å². The molecule has 2 aromatic rings. The molecule has 0 bridgehead atoms. The summed E-state index contributed by atoms with van der Waals surface area (Å²) in [6.45, 7) is 4.92. The molecule has 20 heavy (non-hydrogen) atoms. The van der Waals surface area contributed by atoms with Crippen LogP contribution in [-0.2, 0) is 6.54 Å². The van der Waals surface area contributed by atoms with Gasteiger partial charge in [0.15, 0.2) is 0 Å². The van der Waals surface area contributed by atoms with Crippen molar-refractivity contribution < 1.29 is 0 Å². The van der Waals surface area contributed by atoms with Crippen LogP contribution < -0.4 is 5.73 Å². The quantitative estimate of drug-likeness (QED) is 0.920. The molecule has 2 rings (SSSR count). The summed E-state index contributed by atoms with van der Waals surface area (Å²) in [5.41, 5.74) is 12.2. The molecule has 1 unspecified atom stereocenters. The van der Waals surface area contributed by atoms with Crippen LogP contribution in [-0.4, -0.2) is 19.0 Å². The van der Waals surface area contributed by atoms with Crippen molar-refractivity contribution >= 4 is 0 Å². The summed E-state index contributed by atoms with van der Waals surface area (Å²) >= 11 is 0. The topological polar surface area (TPSA) is 29.3 Å². The van der Waals surface area contributed by atoms with Gasteiger partial charge < -0.3 is 5.73 Å². The monoisotopic (exact) mass is 268 g/mol. The van der Waals surface area contributed by atoms with Crippen LogP contribution >= 0.6 is 0 Å². The second-order valence-corrected chi connectivity index (χ2v) is 5.67. The highest BCUT2D eigenvalue weighted by molar-refractivity contribution is 5.39. The number of benzene rings is 2. The van der Waals surface area contributed by atoms with Crippen molar-refractivity contribution in [2.45, 2.75) is 26.4 Å². The van der Waals surface area contributed by atoms with Gasteiger partial charge in [0.2, 0.25) is 0 Å². The Balaban J connectivity index is 2.47. The van der Waals surface area contributed by atoms with Crippen LogP contribution in [0.2, 0.25) is 0 Å². The Morgan fingerprint density at radius 1 is 1.00 bits per heavy atom. The Hall–Kier alpha value is -1.64. The van der Waals surface area contributed by atoms with Gasteiger partial charge in [0, 0.05) is 6.54 Å². The SMILES string of the molecule is Cc1ccc(C)c(C(c2ccc(CN)cc2)N(C)C)c1. The molecule has 0 aliphatic rings. The van der Waals surface area contributed by atoms with Crippen LogP contribution in [0.15, 0.2) is 42.5 Å². The maximum Gasteiger partial charge on any atom is 0.0599 e. The molecule has 0 aliphatic carbocycles. The molecule has 0 spiro atoms. The van der Waals surface area contributed by atoms with Crippen molar-refractivity contribution in [1.82, 2.24) is 4.90 Å². The fourth-order valence-electron chi connectivity index (χ4n) is 2.65. The minimum absolute atomic E-state index is 0.279. The third-order valence-corrected chi connectivity index (χ3v) is 3.78. The molecular formula is C18H24N2. The van der Waals surface area contributed by atoms with Crippen LogP contribution in [0, 0.1) is 13.8 Å². The molecule has 2 heteroatoms. The molecule has 0 aliphatic heterocycles. The van der Waals surface area contributed by atoms with Crippen LogP contribution in [0.4, 0.5) is 0 Å². The van der Waals surface area contributed by atoms with E-state index in [0.29, 0.717) is 6.54 Å². The molecule has 0 heterocycles. The Morgan fingerprint density at radius 3 is 2.20 bits per heavy atom. The molecule has 1 atom stereocenters. The first kappa shape index (κ1) is 14.8. The molecule has 0 fully saturated rings. The number of nitrogens with zero attached hydrogens (tertiary/aromatic N) is 1. The van der Waals surface area contributed by atoms with E-state index >= 15 is 0 Å². The molecule has 0 amide bonds. The highest BCUT2D eigenvalue weighted by Gasteiger charge is 2.18. The highest BCUT2D eigenvalue weighted by atomic mass is 15.1. The van der Waals surface area contributed by atoms with E-state index in [4.69, 9.17) is 5.73 Å². The fourth-order valence-corrected chi connectivity index (χ4v) is 2.65. The summed E-state index contributed by atoms with van der Waals surface area (Å²) in [6, 6.07) is 15.6. The lowest BCUT2D eigenvalue weighted by molar-refractivity contribution is 0.341. The molecule has 2 N–H and O–H groups in total. The van der Waals surface area contributed by atoms with Gasteiger partial charge >= 0.3 is 0 Å². The first-order chi connectivity index (χ1) is 9.52. The van der Waals surface area contributed by atoms with Gasteiger partial charge in [-0.1, -0.05) is 48.0 Å². The first-order valence-corrected chi connectivity index (χ1v) is 7.05. The van der Waals surface area contributed by atoms with Gasteiger partial charge in [0.1, 0.15) is 0 Å². The summed E-state index contributed by atoms with van der Waals surface area (Å²) in [6.07, 6.45) is 0. The highest BCUT2D eigenvalue weighted by Crippen LogP contribution is 2.29. The molecular weight excluding hydrogens is 244 g/mol. The van der Waals surface area contributed by atoms with E-state index in [2.05, 4.69) is 75.3 Å². The predicted octanol–water partition coefficient (Wildman–Crippen LogP) is 3.41. The van der Waals surface area contributed by atoms with Crippen LogP contribution in [0.1, 0.15) is 33.9 Å². The standard InChI is InChI=1S/C18H24N2/c1-13-5-6-14(2)17(11-13)18(20(3)4)16-9-7-15(12-19)8-10-16/h5-11,18H,12,19H2,1-4H3. The van der Waals surface area contributed by atoms with Gasteiger partial charge in [-0.25, -0.2) is 0 Å². The summed E-state index contributed by atoms with van der Waals surface area (Å²) in [4.78, 5) is 2.26. The van der Waals surface area contributed by atoms with Gasteiger partial charge in [-0.05, 0) is 50.2 Å². The van der Waals surface area contributed by atoms with Gasteiger partial charge in [-0.15, -0.1) is 0 Å². The zero-order valence-corrected chi connectivity index (χ0v) is 12.9. The second-order valence-electron chi connectivity index (χ2n) is 5.67. The molecule has 2 nitrogen and oxygen atoms in total. The predicted molar refractivity (Wildman–Crippen MR) is 85.8 cm³/mol. The third kappa shape index (κ3) is 3.09. The van der Waals surface area contributed by atoms with Crippen molar-refractivity contribution in [3.05, 3.63) is 70.3 Å². The normalized spacial score (nSPS) is 12.7. The van der Waals surface area contributed by atoms with Crippen molar-refractivity contribution in [3.63, 3.8) is 0 Å². The summed E-state index contributed by atoms with van der Waals surface area (Å²) in [5, 5.41) is 0. The van der Waals surface area contributed by atoms with E-state index in [1.165, 1.54) is 27.8 Å². The Labute approximate surface area is 122 Å². The molecule has 0 saturated heterocycles. The van der Waals surface area contributed by atoms with E-state index in [9.17, 15) is 0 Å². The van der Waals surface area contributed by atoms with E-state index in [0.717, 1.165) is 0 Å². The largest absolute Gasteiger partial charge is 0.326 e. The number of aryl methyl sites for hydroxylation is 2. The number of hydrogen-bond donors (Lipinski definition) is 1. The second kappa shape index (κ2) is 6.21. The van der Waals surface area contributed by atoms with Crippen molar-refractivity contribution in [1.29, 1.82) is 0 Å². The lowest BCUT2D eigenvalue weighted by Gasteiger charge is -2.27. The number of nitrogens with two attached hydrogens (primary N) is 1. The van der Waals surface area contributed by atoms with Gasteiger partial charge in [0.25, 0.3) is 0 Å². The van der Waals surface area contributed by atoms with Crippen molar-refractivity contribution in [2.24, 2.45) is 5.73 Å². The zero-order chi connectivity index (χ0) is 14.7. The first-order valence-electron chi connectivity index (χ1n) is 7.05. The van der Waals surface area contributed by atoms with Crippen molar-refractivity contribution in [3.8, 4) is 0 Å². The summed E-state index contributed by atoms with van der Waals surface area (Å²) in [5.74, 6) is 0. The molecule has 0 saturated carbocycles. The van der Waals surface area contributed by atoms with Crippen LogP contribution in [0.3, 0.4) is 0 Å². The van der Waals surface area contributed by atoms with Crippen molar-refractivity contribution in [2.75, 3.05) is 14.1 Å². The lowest BCUT2D eigenvalue weighted by Crippen LogP contribution is -2.22. The van der Waals surface area contributed by atoms with Crippen LogP contribution in [0.5, 0.6) is 0 Å². The smallest absolute Gasteiger partial charge is 0.0599 e. The van der Waals surface area contributed by atoms with E-state index in [1.807, 2.05) is 0 Å². The number of rotatable bonds is 4. The van der Waals surface area contributed by atoms with Gasteiger partial charge in [-0.2, -0.15) is 0 Å². The van der Waals surface area contributed by atoms with E-state index < -0.39 is 0 Å². The average molecular weight is 268 g/mol. The fraction of sp³-hybridized carbons (Fsp3) is 0.333. The minimum atomic E-state index is 0.279.